The lowest BCUT2D eigenvalue weighted by Gasteiger charge is -2.18. The molecular weight excluding hydrogens is 643 g/mol. The van der Waals surface area contributed by atoms with E-state index in [4.69, 9.17) is 19.3 Å². The number of ether oxygens (including phenoxy) is 2. The largest absolute Gasteiger partial charge is 0.469 e. The maximum absolute atomic E-state index is 12.4. The monoisotopic (exact) mass is 714 g/mol. The lowest BCUT2D eigenvalue weighted by Crippen LogP contribution is -2.29. The van der Waals surface area contributed by atoms with Crippen LogP contribution < -0.4 is 0 Å². The summed E-state index contributed by atoms with van der Waals surface area (Å²) in [7, 11) is -4.77. The van der Waals surface area contributed by atoms with Gasteiger partial charge in [-0.2, -0.15) is 0 Å². The van der Waals surface area contributed by atoms with Crippen molar-refractivity contribution in [2.45, 2.75) is 181 Å². The SMILES string of the molecule is CC/C=C/CC(O)/C=C/C=C/CCCCCCCC(=O)O[C@H](COC(=O)CCCCCCCCCCCCCCC(C)C)COP(=O)(O)O. The number of rotatable bonds is 34. The van der Waals surface area contributed by atoms with E-state index in [0.29, 0.717) is 19.3 Å². The van der Waals surface area contributed by atoms with Crippen LogP contribution in [0.25, 0.3) is 0 Å². The molecule has 0 saturated heterocycles. The van der Waals surface area contributed by atoms with Gasteiger partial charge in [-0.15, -0.1) is 0 Å². The van der Waals surface area contributed by atoms with Crippen molar-refractivity contribution >= 4 is 19.8 Å². The van der Waals surface area contributed by atoms with E-state index in [1.807, 2.05) is 24.3 Å². The number of hydrogen-bond acceptors (Lipinski definition) is 7. The van der Waals surface area contributed by atoms with Gasteiger partial charge < -0.3 is 24.4 Å². The molecule has 0 aromatic carbocycles. The molecule has 0 saturated carbocycles. The van der Waals surface area contributed by atoms with Gasteiger partial charge in [-0.25, -0.2) is 4.57 Å². The van der Waals surface area contributed by atoms with Gasteiger partial charge in [0.05, 0.1) is 12.7 Å². The minimum absolute atomic E-state index is 0.166. The molecule has 2 atom stereocenters. The van der Waals surface area contributed by atoms with E-state index in [1.165, 1.54) is 64.2 Å². The second-order valence-corrected chi connectivity index (χ2v) is 14.8. The van der Waals surface area contributed by atoms with Gasteiger partial charge >= 0.3 is 19.8 Å². The molecule has 9 nitrogen and oxygen atoms in total. The molecule has 0 spiro atoms. The number of allylic oxidation sites excluding steroid dienone is 4. The van der Waals surface area contributed by atoms with E-state index in [0.717, 1.165) is 57.3 Å². The van der Waals surface area contributed by atoms with Gasteiger partial charge in [-0.3, -0.25) is 14.1 Å². The van der Waals surface area contributed by atoms with E-state index < -0.39 is 38.6 Å². The third-order valence-corrected chi connectivity index (χ3v) is 8.67. The molecule has 0 heterocycles. The number of hydrogen-bond donors (Lipinski definition) is 3. The Bertz CT molecular complexity index is 925. The van der Waals surface area contributed by atoms with Gasteiger partial charge in [-0.05, 0) is 44.4 Å². The van der Waals surface area contributed by atoms with Gasteiger partial charge in [-0.1, -0.05) is 154 Å². The number of carbonyl (C=O) groups excluding carboxylic acids is 2. The molecule has 3 N–H and O–H groups in total. The summed E-state index contributed by atoms with van der Waals surface area (Å²) in [6.07, 6.45) is 33.4. The topological polar surface area (TPSA) is 140 Å². The van der Waals surface area contributed by atoms with E-state index in [9.17, 15) is 19.3 Å². The van der Waals surface area contributed by atoms with Gasteiger partial charge in [0.25, 0.3) is 0 Å². The van der Waals surface area contributed by atoms with E-state index in [-0.39, 0.29) is 19.4 Å². The highest BCUT2D eigenvalue weighted by Gasteiger charge is 2.22. The Hall–Kier alpha value is -1.77. The van der Waals surface area contributed by atoms with Crippen LogP contribution >= 0.6 is 7.82 Å². The summed E-state index contributed by atoms with van der Waals surface area (Å²) in [6.45, 7) is 5.77. The van der Waals surface area contributed by atoms with Gasteiger partial charge in [0.15, 0.2) is 6.10 Å². The first kappa shape index (κ1) is 47.2. The van der Waals surface area contributed by atoms with Crippen molar-refractivity contribution < 1.29 is 43.0 Å². The molecule has 0 bridgehead atoms. The zero-order valence-electron chi connectivity index (χ0n) is 31.1. The summed E-state index contributed by atoms with van der Waals surface area (Å²) in [6, 6.07) is 0. The van der Waals surface area contributed by atoms with Crippen molar-refractivity contribution in [3.8, 4) is 0 Å². The normalized spacial score (nSPS) is 13.6. The maximum Gasteiger partial charge on any atom is 0.469 e. The number of carbonyl (C=O) groups is 2. The van der Waals surface area contributed by atoms with E-state index in [1.54, 1.807) is 6.08 Å². The second kappa shape index (κ2) is 33.4. The molecular formula is C39H71O9P. The van der Waals surface area contributed by atoms with Crippen LogP contribution in [-0.2, 0) is 28.2 Å². The predicted molar refractivity (Wildman–Crippen MR) is 199 cm³/mol. The first-order chi connectivity index (χ1) is 23.5. The summed E-state index contributed by atoms with van der Waals surface area (Å²) >= 11 is 0. The lowest BCUT2D eigenvalue weighted by molar-refractivity contribution is -0.161. The van der Waals surface area contributed by atoms with Crippen molar-refractivity contribution in [3.05, 3.63) is 36.5 Å². The van der Waals surface area contributed by atoms with Crippen molar-refractivity contribution in [2.75, 3.05) is 13.2 Å². The molecule has 0 aliphatic rings. The Morgan fingerprint density at radius 2 is 1.20 bits per heavy atom. The van der Waals surface area contributed by atoms with Crippen LogP contribution in [0.3, 0.4) is 0 Å². The van der Waals surface area contributed by atoms with Crippen LogP contribution in [0.5, 0.6) is 0 Å². The fourth-order valence-electron chi connectivity index (χ4n) is 5.30. The van der Waals surface area contributed by atoms with Crippen LogP contribution in [0.4, 0.5) is 0 Å². The molecule has 286 valence electrons. The summed E-state index contributed by atoms with van der Waals surface area (Å²) in [5.74, 6) is -0.124. The number of esters is 2. The zero-order valence-corrected chi connectivity index (χ0v) is 32.0. The van der Waals surface area contributed by atoms with Crippen molar-refractivity contribution in [1.82, 2.24) is 0 Å². The van der Waals surface area contributed by atoms with Gasteiger partial charge in [0.1, 0.15) is 6.61 Å². The van der Waals surface area contributed by atoms with Crippen molar-refractivity contribution in [2.24, 2.45) is 5.92 Å². The number of aliphatic hydroxyl groups excluding tert-OH is 1. The Labute approximate surface area is 298 Å². The number of unbranched alkanes of at least 4 members (excludes halogenated alkanes) is 16. The summed E-state index contributed by atoms with van der Waals surface area (Å²) in [5.41, 5.74) is 0. The zero-order chi connectivity index (χ0) is 36.4. The van der Waals surface area contributed by atoms with Crippen LogP contribution in [0.2, 0.25) is 0 Å². The van der Waals surface area contributed by atoms with E-state index in [2.05, 4.69) is 31.4 Å². The number of aliphatic hydroxyl groups is 1. The highest BCUT2D eigenvalue weighted by Crippen LogP contribution is 2.36. The molecule has 0 aromatic heterocycles. The summed E-state index contributed by atoms with van der Waals surface area (Å²) in [4.78, 5) is 42.7. The fraction of sp³-hybridized carbons (Fsp3) is 0.795. The van der Waals surface area contributed by atoms with E-state index >= 15 is 0 Å². The van der Waals surface area contributed by atoms with Crippen molar-refractivity contribution in [3.63, 3.8) is 0 Å². The van der Waals surface area contributed by atoms with Gasteiger partial charge in [0, 0.05) is 12.8 Å². The lowest BCUT2D eigenvalue weighted by atomic mass is 10.0. The standard InChI is InChI=1S/C39H71O9P/c1-4-5-23-29-36(40)30-25-20-16-12-10-14-18-22-27-32-39(42)48-37(34-47-49(43,44)45)33-46-38(41)31-26-21-17-13-9-7-6-8-11-15-19-24-28-35(2)3/h5,16,20,23,25,30,35-37,40H,4,6-15,17-19,21-22,24,26-29,31-34H2,1-3H3,(H2,43,44,45)/b20-16+,23-5+,30-25+/t36?,37-/m1/s1. The Morgan fingerprint density at radius 3 is 1.76 bits per heavy atom. The van der Waals surface area contributed by atoms with Crippen LogP contribution in [0, 0.1) is 5.92 Å². The summed E-state index contributed by atoms with van der Waals surface area (Å²) in [5, 5.41) is 9.83. The fourth-order valence-corrected chi connectivity index (χ4v) is 5.66. The molecule has 0 radical (unpaired) electrons. The molecule has 0 aliphatic carbocycles. The third-order valence-electron chi connectivity index (χ3n) is 8.18. The number of phosphoric acid groups is 1. The highest BCUT2D eigenvalue weighted by atomic mass is 31.2. The molecule has 0 fully saturated rings. The molecule has 1 unspecified atom stereocenters. The Balaban J connectivity index is 4.02. The Kier molecular flexibility index (Phi) is 32.2. The molecule has 0 rings (SSSR count). The quantitative estimate of drug-likeness (QED) is 0.0195. The average molecular weight is 715 g/mol. The molecule has 10 heteroatoms. The second-order valence-electron chi connectivity index (χ2n) is 13.6. The smallest absolute Gasteiger partial charge is 0.462 e. The minimum atomic E-state index is -4.77. The third kappa shape index (κ3) is 37.3. The first-order valence-electron chi connectivity index (χ1n) is 19.2. The first-order valence-corrected chi connectivity index (χ1v) is 20.8. The summed E-state index contributed by atoms with van der Waals surface area (Å²) < 4.78 is 26.3. The average Bonchev–Trinajstić information content (AvgIpc) is 3.04. The molecule has 0 aliphatic heterocycles. The number of phosphoric ester groups is 1. The van der Waals surface area contributed by atoms with Crippen LogP contribution in [0.15, 0.2) is 36.5 Å². The minimum Gasteiger partial charge on any atom is -0.462 e. The maximum atomic E-state index is 12.4. The van der Waals surface area contributed by atoms with Crippen LogP contribution in [0.1, 0.15) is 168 Å². The molecule has 0 amide bonds. The molecule has 0 aromatic rings. The van der Waals surface area contributed by atoms with Gasteiger partial charge in [0.2, 0.25) is 0 Å². The molecule has 49 heavy (non-hydrogen) atoms. The van der Waals surface area contributed by atoms with Crippen molar-refractivity contribution in [1.29, 1.82) is 0 Å². The van der Waals surface area contributed by atoms with Crippen LogP contribution in [-0.4, -0.2) is 52.3 Å². The Morgan fingerprint density at radius 1 is 0.673 bits per heavy atom. The predicted octanol–water partition coefficient (Wildman–Crippen LogP) is 10.2. The highest BCUT2D eigenvalue weighted by molar-refractivity contribution is 7.46.